The van der Waals surface area contributed by atoms with Crippen LogP contribution in [0.4, 0.5) is 5.69 Å². The Kier molecular flexibility index (Phi) is 4.49. The van der Waals surface area contributed by atoms with Crippen LogP contribution in [0, 0.1) is 6.92 Å². The van der Waals surface area contributed by atoms with Crippen LogP contribution in [0.15, 0.2) is 57.9 Å². The van der Waals surface area contributed by atoms with E-state index in [9.17, 15) is 14.7 Å². The van der Waals surface area contributed by atoms with Gasteiger partial charge in [0.1, 0.15) is 11.3 Å². The van der Waals surface area contributed by atoms with E-state index in [-0.39, 0.29) is 34.2 Å². The van der Waals surface area contributed by atoms with E-state index < -0.39 is 5.63 Å². The number of hydrogen-bond donors (Lipinski definition) is 2. The zero-order valence-electron chi connectivity index (χ0n) is 14.8. The van der Waals surface area contributed by atoms with Crippen molar-refractivity contribution in [2.24, 2.45) is 0 Å². The fourth-order valence-electron chi connectivity index (χ4n) is 3.17. The summed E-state index contributed by atoms with van der Waals surface area (Å²) >= 11 is 5.97. The van der Waals surface area contributed by atoms with Crippen molar-refractivity contribution in [3.8, 4) is 5.75 Å². The minimum Gasteiger partial charge on any atom is -0.506 e. The van der Waals surface area contributed by atoms with Crippen LogP contribution in [0.25, 0.3) is 21.9 Å². The number of aryl methyl sites for hydroxylation is 1. The van der Waals surface area contributed by atoms with Gasteiger partial charge in [0, 0.05) is 23.0 Å². The summed E-state index contributed by atoms with van der Waals surface area (Å²) in [7, 11) is 0. The summed E-state index contributed by atoms with van der Waals surface area (Å²) in [5.41, 5.74) is 1.80. The monoisotopic (exact) mass is 394 g/mol. The van der Waals surface area contributed by atoms with E-state index >= 15 is 0 Å². The van der Waals surface area contributed by atoms with Gasteiger partial charge in [-0.05, 0) is 42.8 Å². The van der Waals surface area contributed by atoms with Crippen LogP contribution in [-0.4, -0.2) is 16.0 Å². The minimum absolute atomic E-state index is 0.142. The molecule has 6 nitrogen and oxygen atoms in total. The Hall–Kier alpha value is -3.38. The molecule has 7 heteroatoms. The summed E-state index contributed by atoms with van der Waals surface area (Å²) in [5, 5.41) is 14.1. The predicted molar refractivity (Wildman–Crippen MR) is 108 cm³/mol. The summed E-state index contributed by atoms with van der Waals surface area (Å²) in [4.78, 5) is 29.2. The molecule has 28 heavy (non-hydrogen) atoms. The van der Waals surface area contributed by atoms with E-state index in [2.05, 4.69) is 10.3 Å². The number of aromatic hydroxyl groups is 1. The van der Waals surface area contributed by atoms with Crippen LogP contribution in [-0.2, 0) is 11.2 Å². The minimum atomic E-state index is -0.624. The molecule has 140 valence electrons. The van der Waals surface area contributed by atoms with Crippen LogP contribution >= 0.6 is 11.6 Å². The molecule has 4 aromatic rings. The number of rotatable bonds is 3. The molecule has 2 aromatic heterocycles. The van der Waals surface area contributed by atoms with Crippen LogP contribution in [0.3, 0.4) is 0 Å². The fourth-order valence-corrected chi connectivity index (χ4v) is 3.33. The van der Waals surface area contributed by atoms with Crippen molar-refractivity contribution in [3.05, 3.63) is 75.2 Å². The highest BCUT2D eigenvalue weighted by molar-refractivity contribution is 6.32. The number of halogens is 1. The van der Waals surface area contributed by atoms with Gasteiger partial charge in [-0.2, -0.15) is 0 Å². The lowest BCUT2D eigenvalue weighted by molar-refractivity contribution is -0.115. The first kappa shape index (κ1) is 18.0. The zero-order chi connectivity index (χ0) is 19.8. The average Bonchev–Trinajstić information content (AvgIpc) is 2.67. The Morgan fingerprint density at radius 1 is 1.21 bits per heavy atom. The summed E-state index contributed by atoms with van der Waals surface area (Å²) in [6.45, 7) is 1.72. The predicted octanol–water partition coefficient (Wildman–Crippen LogP) is 4.19. The van der Waals surface area contributed by atoms with Crippen molar-refractivity contribution < 1.29 is 14.3 Å². The number of hydrogen-bond acceptors (Lipinski definition) is 5. The fraction of sp³-hybridized carbons (Fsp3) is 0.0952. The van der Waals surface area contributed by atoms with E-state index in [1.165, 1.54) is 12.1 Å². The molecule has 0 bridgehead atoms. The summed E-state index contributed by atoms with van der Waals surface area (Å²) in [6, 6.07) is 11.9. The molecule has 0 radical (unpaired) electrons. The van der Waals surface area contributed by atoms with Gasteiger partial charge in [0.25, 0.3) is 0 Å². The largest absolute Gasteiger partial charge is 0.506 e. The Morgan fingerprint density at radius 2 is 2.04 bits per heavy atom. The smallest absolute Gasteiger partial charge is 0.340 e. The van der Waals surface area contributed by atoms with Gasteiger partial charge < -0.3 is 14.8 Å². The van der Waals surface area contributed by atoms with Crippen LogP contribution in [0.5, 0.6) is 5.75 Å². The molecular formula is C21H15ClN2O4. The van der Waals surface area contributed by atoms with Gasteiger partial charge in [-0.15, -0.1) is 0 Å². The molecule has 0 saturated heterocycles. The van der Waals surface area contributed by atoms with Gasteiger partial charge in [-0.1, -0.05) is 17.7 Å². The summed E-state index contributed by atoms with van der Waals surface area (Å²) in [6.07, 6.45) is 1.53. The number of carbonyl (C=O) groups is 1. The van der Waals surface area contributed by atoms with Crippen molar-refractivity contribution in [3.63, 3.8) is 0 Å². The Balaban J connectivity index is 1.69. The van der Waals surface area contributed by atoms with Crippen molar-refractivity contribution in [2.75, 3.05) is 5.32 Å². The maximum absolute atomic E-state index is 12.6. The van der Waals surface area contributed by atoms with E-state index in [4.69, 9.17) is 16.0 Å². The third-order valence-electron chi connectivity index (χ3n) is 4.61. The first-order valence-corrected chi connectivity index (χ1v) is 8.90. The number of phenolic OH excluding ortho intramolecular Hbond substituents is 1. The average molecular weight is 395 g/mol. The number of amides is 1. The molecule has 0 aliphatic heterocycles. The topological polar surface area (TPSA) is 92.4 Å². The number of nitrogens with one attached hydrogen (secondary N) is 1. The van der Waals surface area contributed by atoms with Crippen molar-refractivity contribution >= 4 is 45.1 Å². The number of phenols is 1. The van der Waals surface area contributed by atoms with Gasteiger partial charge in [0.2, 0.25) is 5.91 Å². The van der Waals surface area contributed by atoms with Gasteiger partial charge in [0.05, 0.1) is 28.2 Å². The second-order valence-electron chi connectivity index (χ2n) is 6.39. The number of aromatic nitrogens is 1. The van der Waals surface area contributed by atoms with Crippen LogP contribution in [0.2, 0.25) is 5.02 Å². The van der Waals surface area contributed by atoms with Crippen molar-refractivity contribution in [1.82, 2.24) is 4.98 Å². The first-order chi connectivity index (χ1) is 13.4. The van der Waals surface area contributed by atoms with Gasteiger partial charge in [0.15, 0.2) is 0 Å². The molecule has 2 heterocycles. The lowest BCUT2D eigenvalue weighted by Crippen LogP contribution is -2.20. The van der Waals surface area contributed by atoms with Gasteiger partial charge >= 0.3 is 5.63 Å². The zero-order valence-corrected chi connectivity index (χ0v) is 15.6. The normalized spacial score (nSPS) is 11.1. The van der Waals surface area contributed by atoms with E-state index in [0.717, 1.165) is 10.9 Å². The highest BCUT2D eigenvalue weighted by atomic mass is 35.5. The number of benzene rings is 2. The van der Waals surface area contributed by atoms with E-state index in [1.807, 2.05) is 12.1 Å². The molecule has 1 amide bonds. The van der Waals surface area contributed by atoms with Crippen molar-refractivity contribution in [2.45, 2.75) is 13.3 Å². The number of anilines is 1. The maximum Gasteiger partial charge on any atom is 0.340 e. The summed E-state index contributed by atoms with van der Waals surface area (Å²) < 4.78 is 5.27. The highest BCUT2D eigenvalue weighted by Crippen LogP contribution is 2.31. The number of pyridine rings is 1. The molecule has 0 aliphatic rings. The first-order valence-electron chi connectivity index (χ1n) is 8.52. The standard InChI is InChI=1S/C21H15ClN2O4/c1-11-13-8-15(22)18(25)10-19(13)28-21(27)14(11)9-20(26)24-17-6-2-5-16-12(17)4-3-7-23-16/h2-8,10,25H,9H2,1H3,(H,24,26). The van der Waals surface area contributed by atoms with Crippen LogP contribution in [0.1, 0.15) is 11.1 Å². The van der Waals surface area contributed by atoms with E-state index in [0.29, 0.717) is 16.6 Å². The third-order valence-corrected chi connectivity index (χ3v) is 4.91. The van der Waals surface area contributed by atoms with E-state index in [1.54, 1.807) is 31.3 Å². The Labute approximate surface area is 164 Å². The number of nitrogens with zero attached hydrogens (tertiary/aromatic N) is 1. The molecular weight excluding hydrogens is 380 g/mol. The molecule has 0 saturated carbocycles. The summed E-state index contributed by atoms with van der Waals surface area (Å²) in [5.74, 6) is -0.525. The van der Waals surface area contributed by atoms with Crippen molar-refractivity contribution in [1.29, 1.82) is 0 Å². The second kappa shape index (κ2) is 6.98. The Morgan fingerprint density at radius 3 is 2.86 bits per heavy atom. The second-order valence-corrected chi connectivity index (χ2v) is 6.80. The molecule has 0 atom stereocenters. The molecule has 2 aromatic carbocycles. The van der Waals surface area contributed by atoms with Crippen LogP contribution < -0.4 is 10.9 Å². The lowest BCUT2D eigenvalue weighted by atomic mass is 10.0. The third kappa shape index (κ3) is 3.18. The molecule has 0 unspecified atom stereocenters. The molecule has 0 aliphatic carbocycles. The lowest BCUT2D eigenvalue weighted by Gasteiger charge is -2.10. The van der Waals surface area contributed by atoms with Gasteiger partial charge in [-0.3, -0.25) is 9.78 Å². The highest BCUT2D eigenvalue weighted by Gasteiger charge is 2.17. The quantitative estimate of drug-likeness (QED) is 0.508. The molecule has 0 fully saturated rings. The van der Waals surface area contributed by atoms with Gasteiger partial charge in [-0.25, -0.2) is 4.79 Å². The number of fused-ring (bicyclic) bond motifs is 2. The molecule has 2 N–H and O–H groups in total. The Bertz CT molecular complexity index is 1290. The molecule has 4 rings (SSSR count). The maximum atomic E-state index is 12.6. The molecule has 0 spiro atoms. The SMILES string of the molecule is Cc1c(CC(=O)Nc2cccc3ncccc23)c(=O)oc2cc(O)c(Cl)cc12. The number of carbonyl (C=O) groups excluding carboxylic acids is 1.